The third-order valence-corrected chi connectivity index (χ3v) is 8.12. The molecule has 11 nitrogen and oxygen atoms in total. The Morgan fingerprint density at radius 3 is 2.35 bits per heavy atom. The molecule has 0 aliphatic rings. The monoisotopic (exact) mass is 606 g/mol. The Kier molecular flexibility index (Phi) is 9.09. The molecule has 228 valence electrons. The standard InChI is InChI=1S/C31H38N6O5S/c1-19-10-8-11-20(2)26(19)27-21(3)28(42-18-23(15-31(4,5)6)33-24-16-32-37(7)17-24)35-30(34-27)36-43(40,41)25-13-9-12-22(14-25)29(38)39/h8-14,16-17,23,33H,15,18H2,1-7H3,(H,38,39)(H,34,35,36)/t23-/m1/s1. The average molecular weight is 607 g/mol. The summed E-state index contributed by atoms with van der Waals surface area (Å²) in [5.74, 6) is -1.19. The number of benzene rings is 2. The zero-order valence-corrected chi connectivity index (χ0v) is 26.3. The van der Waals surface area contributed by atoms with E-state index in [0.717, 1.165) is 34.9 Å². The summed E-state index contributed by atoms with van der Waals surface area (Å²) >= 11 is 0. The average Bonchev–Trinajstić information content (AvgIpc) is 3.32. The molecule has 0 radical (unpaired) electrons. The molecule has 4 aromatic rings. The molecule has 0 bridgehead atoms. The number of anilines is 2. The fraction of sp³-hybridized carbons (Fsp3) is 0.355. The number of rotatable bonds is 11. The van der Waals surface area contributed by atoms with Crippen LogP contribution in [0.25, 0.3) is 11.3 Å². The molecule has 43 heavy (non-hydrogen) atoms. The van der Waals surface area contributed by atoms with Crippen molar-refractivity contribution in [3.8, 4) is 17.1 Å². The normalized spacial score (nSPS) is 12.5. The summed E-state index contributed by atoms with van der Waals surface area (Å²) in [6, 6.07) is 10.9. The molecule has 0 fully saturated rings. The highest BCUT2D eigenvalue weighted by atomic mass is 32.2. The third-order valence-electron chi connectivity index (χ3n) is 6.79. The van der Waals surface area contributed by atoms with Crippen LogP contribution in [0, 0.1) is 26.2 Å². The maximum Gasteiger partial charge on any atom is 0.335 e. The number of aryl methyl sites for hydroxylation is 3. The highest BCUT2D eigenvalue weighted by molar-refractivity contribution is 7.92. The lowest BCUT2D eigenvalue weighted by Gasteiger charge is -2.27. The van der Waals surface area contributed by atoms with E-state index in [2.05, 4.69) is 45.9 Å². The van der Waals surface area contributed by atoms with Gasteiger partial charge in [0, 0.05) is 24.4 Å². The fourth-order valence-corrected chi connectivity index (χ4v) is 5.88. The van der Waals surface area contributed by atoms with Gasteiger partial charge in [0.2, 0.25) is 11.8 Å². The van der Waals surface area contributed by atoms with Crippen LogP contribution in [0.15, 0.2) is 59.8 Å². The first-order valence-electron chi connectivity index (χ1n) is 13.8. The summed E-state index contributed by atoms with van der Waals surface area (Å²) in [5, 5.41) is 17.1. The van der Waals surface area contributed by atoms with Crippen LogP contribution in [-0.4, -0.2) is 51.9 Å². The van der Waals surface area contributed by atoms with Gasteiger partial charge in [0.25, 0.3) is 10.0 Å². The Balaban J connectivity index is 1.74. The van der Waals surface area contributed by atoms with E-state index in [0.29, 0.717) is 11.3 Å². The topological polar surface area (TPSA) is 148 Å². The van der Waals surface area contributed by atoms with Crippen molar-refractivity contribution in [2.45, 2.75) is 58.9 Å². The lowest BCUT2D eigenvalue weighted by atomic mass is 9.88. The van der Waals surface area contributed by atoms with Crippen molar-refractivity contribution in [3.63, 3.8) is 0 Å². The minimum atomic E-state index is -4.23. The van der Waals surface area contributed by atoms with Crippen molar-refractivity contribution in [1.29, 1.82) is 0 Å². The second kappa shape index (κ2) is 12.4. The van der Waals surface area contributed by atoms with Gasteiger partial charge in [0.15, 0.2) is 0 Å². The molecule has 0 saturated heterocycles. The molecule has 2 aromatic heterocycles. The Morgan fingerprint density at radius 1 is 1.07 bits per heavy atom. The minimum absolute atomic E-state index is 0.0152. The number of nitrogens with one attached hydrogen (secondary N) is 2. The molecule has 0 unspecified atom stereocenters. The zero-order valence-electron chi connectivity index (χ0n) is 25.5. The van der Waals surface area contributed by atoms with Crippen LogP contribution in [0.2, 0.25) is 0 Å². The largest absolute Gasteiger partial charge is 0.478 e. The predicted octanol–water partition coefficient (Wildman–Crippen LogP) is 5.60. The van der Waals surface area contributed by atoms with Crippen LogP contribution >= 0.6 is 0 Å². The predicted molar refractivity (Wildman–Crippen MR) is 166 cm³/mol. The van der Waals surface area contributed by atoms with E-state index in [1.165, 1.54) is 18.2 Å². The minimum Gasteiger partial charge on any atom is -0.478 e. The molecule has 0 aliphatic heterocycles. The van der Waals surface area contributed by atoms with Crippen molar-refractivity contribution in [1.82, 2.24) is 19.7 Å². The Labute approximate surface area is 252 Å². The van der Waals surface area contributed by atoms with Crippen LogP contribution in [0.1, 0.15) is 54.2 Å². The van der Waals surface area contributed by atoms with Gasteiger partial charge in [0.1, 0.15) is 6.61 Å². The lowest BCUT2D eigenvalue weighted by Crippen LogP contribution is -2.32. The number of hydrogen-bond acceptors (Lipinski definition) is 8. The number of hydrogen-bond donors (Lipinski definition) is 3. The number of aromatic carboxylic acids is 1. The molecular weight excluding hydrogens is 568 g/mol. The molecule has 12 heteroatoms. The van der Waals surface area contributed by atoms with Gasteiger partial charge in [0.05, 0.1) is 34.1 Å². The number of sulfonamides is 1. The molecule has 4 rings (SSSR count). The summed E-state index contributed by atoms with van der Waals surface area (Å²) in [6.07, 6.45) is 4.41. The molecule has 2 heterocycles. The van der Waals surface area contributed by atoms with Gasteiger partial charge in [-0.1, -0.05) is 45.0 Å². The molecule has 0 saturated carbocycles. The van der Waals surface area contributed by atoms with Gasteiger partial charge in [-0.2, -0.15) is 10.1 Å². The van der Waals surface area contributed by atoms with Crippen LogP contribution in [0.5, 0.6) is 5.88 Å². The van der Waals surface area contributed by atoms with E-state index in [1.807, 2.05) is 52.2 Å². The van der Waals surface area contributed by atoms with Gasteiger partial charge in [-0.05, 0) is 61.9 Å². The summed E-state index contributed by atoms with van der Waals surface area (Å²) in [4.78, 5) is 20.3. The van der Waals surface area contributed by atoms with E-state index in [1.54, 1.807) is 10.9 Å². The first kappa shape index (κ1) is 31.5. The molecular formula is C31H38N6O5S. The van der Waals surface area contributed by atoms with Gasteiger partial charge in [-0.15, -0.1) is 0 Å². The molecule has 1 atom stereocenters. The molecule has 0 spiro atoms. The van der Waals surface area contributed by atoms with E-state index in [9.17, 15) is 18.3 Å². The highest BCUT2D eigenvalue weighted by Gasteiger charge is 2.24. The quantitative estimate of drug-likeness (QED) is 0.198. The Hall–Kier alpha value is -4.45. The smallest absolute Gasteiger partial charge is 0.335 e. The van der Waals surface area contributed by atoms with Crippen LogP contribution in [0.3, 0.4) is 0 Å². The maximum absolute atomic E-state index is 13.3. The second-order valence-electron chi connectivity index (χ2n) is 11.9. The van der Waals surface area contributed by atoms with Crippen molar-refractivity contribution < 1.29 is 23.1 Å². The van der Waals surface area contributed by atoms with Crippen molar-refractivity contribution in [3.05, 3.63) is 77.1 Å². The van der Waals surface area contributed by atoms with E-state index in [-0.39, 0.29) is 40.4 Å². The summed E-state index contributed by atoms with van der Waals surface area (Å²) in [6.45, 7) is 12.4. The lowest BCUT2D eigenvalue weighted by molar-refractivity contribution is 0.0696. The van der Waals surface area contributed by atoms with E-state index < -0.39 is 16.0 Å². The summed E-state index contributed by atoms with van der Waals surface area (Å²) in [5.41, 5.74) is 4.64. The van der Waals surface area contributed by atoms with Crippen molar-refractivity contribution in [2.75, 3.05) is 16.6 Å². The molecule has 0 aliphatic carbocycles. The number of aromatic nitrogens is 4. The summed E-state index contributed by atoms with van der Waals surface area (Å²) < 4.78 is 37.2. The first-order valence-corrected chi connectivity index (χ1v) is 15.3. The summed E-state index contributed by atoms with van der Waals surface area (Å²) in [7, 11) is -2.38. The maximum atomic E-state index is 13.3. The first-order chi connectivity index (χ1) is 20.1. The van der Waals surface area contributed by atoms with Crippen molar-refractivity contribution in [2.24, 2.45) is 12.5 Å². The second-order valence-corrected chi connectivity index (χ2v) is 13.5. The van der Waals surface area contributed by atoms with Gasteiger partial charge < -0.3 is 15.2 Å². The SMILES string of the molecule is Cc1cccc(C)c1-c1nc(NS(=O)(=O)c2cccc(C(=O)O)c2)nc(OC[C@@H](CC(C)(C)C)Nc2cnn(C)c2)c1C. The highest BCUT2D eigenvalue weighted by Crippen LogP contribution is 2.34. The van der Waals surface area contributed by atoms with Gasteiger partial charge in [-0.25, -0.2) is 22.9 Å². The van der Waals surface area contributed by atoms with Crippen LogP contribution < -0.4 is 14.8 Å². The Bertz CT molecular complexity index is 1720. The molecule has 0 amide bonds. The number of ether oxygens (including phenoxy) is 1. The van der Waals surface area contributed by atoms with E-state index in [4.69, 9.17) is 4.74 Å². The van der Waals surface area contributed by atoms with Gasteiger partial charge in [-0.3, -0.25) is 4.68 Å². The fourth-order valence-electron chi connectivity index (χ4n) is 4.89. The van der Waals surface area contributed by atoms with Gasteiger partial charge >= 0.3 is 5.97 Å². The molecule has 3 N–H and O–H groups in total. The van der Waals surface area contributed by atoms with Crippen molar-refractivity contribution >= 4 is 27.6 Å². The molecule has 2 aromatic carbocycles. The number of carbonyl (C=O) groups is 1. The van der Waals surface area contributed by atoms with E-state index >= 15 is 0 Å². The van der Waals surface area contributed by atoms with Crippen LogP contribution in [0.4, 0.5) is 11.6 Å². The number of carboxylic acids is 1. The Morgan fingerprint density at radius 2 is 1.74 bits per heavy atom. The third kappa shape index (κ3) is 7.89. The zero-order chi connectivity index (χ0) is 31.5. The number of nitrogens with zero attached hydrogens (tertiary/aromatic N) is 4. The van der Waals surface area contributed by atoms with Crippen LogP contribution in [-0.2, 0) is 17.1 Å². The number of carboxylic acid groups (broad SMARTS) is 1.